The van der Waals surface area contributed by atoms with E-state index in [4.69, 9.17) is 0 Å². The molecule has 0 spiro atoms. The Morgan fingerprint density at radius 1 is 1.08 bits per heavy atom. The summed E-state index contributed by atoms with van der Waals surface area (Å²) in [5.41, 5.74) is 2.36. The van der Waals surface area contributed by atoms with Gasteiger partial charge in [0.05, 0.1) is 9.79 Å². The third kappa shape index (κ3) is 2.75. The van der Waals surface area contributed by atoms with Crippen molar-refractivity contribution in [3.8, 4) is 0 Å². The molecule has 1 fully saturated rings. The van der Waals surface area contributed by atoms with Gasteiger partial charge in [0.25, 0.3) is 0 Å². The number of rotatable bonds is 2. The summed E-state index contributed by atoms with van der Waals surface area (Å²) in [4.78, 5) is 3.09. The number of sulfone groups is 1. The van der Waals surface area contributed by atoms with Crippen LogP contribution in [0.25, 0.3) is 0 Å². The molecule has 0 saturated carbocycles. The molecule has 2 heterocycles. The lowest BCUT2D eigenvalue weighted by Crippen LogP contribution is -2.34. The molecule has 4 rings (SSSR count). The van der Waals surface area contributed by atoms with Crippen LogP contribution in [0.2, 0.25) is 0 Å². The fraction of sp³-hybridized carbons (Fsp3) is 0.400. The van der Waals surface area contributed by atoms with E-state index in [1.807, 2.05) is 18.2 Å². The van der Waals surface area contributed by atoms with Crippen molar-refractivity contribution in [2.24, 2.45) is 0 Å². The van der Waals surface area contributed by atoms with Crippen LogP contribution in [0.3, 0.4) is 0 Å². The van der Waals surface area contributed by atoms with Crippen molar-refractivity contribution in [3.63, 3.8) is 0 Å². The lowest BCUT2D eigenvalue weighted by Gasteiger charge is -2.26. The highest BCUT2D eigenvalue weighted by molar-refractivity contribution is 7.91. The number of nitrogens with one attached hydrogen (secondary N) is 1. The van der Waals surface area contributed by atoms with Crippen molar-refractivity contribution in [1.82, 2.24) is 5.32 Å². The Balaban J connectivity index is 1.77. The minimum atomic E-state index is -3.47. The highest BCUT2D eigenvalue weighted by Gasteiger charge is 2.39. The quantitative estimate of drug-likeness (QED) is 0.898. The number of benzene rings is 2. The second kappa shape index (κ2) is 6.15. The van der Waals surface area contributed by atoms with E-state index in [9.17, 15) is 8.42 Å². The average Bonchev–Trinajstić information content (AvgIpc) is 2.76. The van der Waals surface area contributed by atoms with Crippen LogP contribution in [0, 0.1) is 0 Å². The minimum absolute atomic E-state index is 0.356. The van der Waals surface area contributed by atoms with Gasteiger partial charge in [0.1, 0.15) is 0 Å². The fourth-order valence-electron chi connectivity index (χ4n) is 4.31. The monoisotopic (exact) mass is 356 g/mol. The summed E-state index contributed by atoms with van der Waals surface area (Å²) in [6.07, 6.45) is 2.12. The molecular weight excluding hydrogens is 332 g/mol. The standard InChI is InChI=1S/C20H24N2O2S/c1-14-12-20-17(10-11-21-14)18-13-16(8-9-19(18)22(20)2)25(23,24)15-6-4-3-5-7-15/h3-9,13-14,17,20-21H,10-12H2,1-2H3/t14?,17-,20+/m1/s1. The van der Waals surface area contributed by atoms with Gasteiger partial charge in [0.15, 0.2) is 0 Å². The molecule has 25 heavy (non-hydrogen) atoms. The molecule has 2 aliphatic rings. The van der Waals surface area contributed by atoms with Gasteiger partial charge in [-0.3, -0.25) is 0 Å². The Morgan fingerprint density at radius 3 is 2.60 bits per heavy atom. The maximum Gasteiger partial charge on any atom is 0.206 e. The van der Waals surface area contributed by atoms with Gasteiger partial charge in [-0.15, -0.1) is 0 Å². The number of likely N-dealkylation sites (N-methyl/N-ethyl adjacent to an activating group) is 1. The summed E-state index contributed by atoms with van der Waals surface area (Å²) in [5, 5.41) is 3.55. The lowest BCUT2D eigenvalue weighted by molar-refractivity contribution is 0.487. The first kappa shape index (κ1) is 16.6. The zero-order valence-corrected chi connectivity index (χ0v) is 15.5. The maximum absolute atomic E-state index is 13.0. The van der Waals surface area contributed by atoms with Crippen LogP contribution in [0.5, 0.6) is 0 Å². The van der Waals surface area contributed by atoms with Crippen LogP contribution in [0.4, 0.5) is 5.69 Å². The van der Waals surface area contributed by atoms with E-state index in [1.165, 1.54) is 11.3 Å². The Hall–Kier alpha value is -1.85. The summed E-state index contributed by atoms with van der Waals surface area (Å²) in [6.45, 7) is 3.20. The zero-order valence-electron chi connectivity index (χ0n) is 14.6. The van der Waals surface area contributed by atoms with Crippen LogP contribution in [-0.4, -0.2) is 34.1 Å². The highest BCUT2D eigenvalue weighted by Crippen LogP contribution is 2.45. The van der Waals surface area contributed by atoms with Crippen LogP contribution < -0.4 is 10.2 Å². The lowest BCUT2D eigenvalue weighted by atomic mass is 9.90. The zero-order chi connectivity index (χ0) is 17.6. The molecule has 0 aliphatic carbocycles. The first-order chi connectivity index (χ1) is 12.0. The van der Waals surface area contributed by atoms with Crippen molar-refractivity contribution in [1.29, 1.82) is 0 Å². The van der Waals surface area contributed by atoms with Crippen LogP contribution in [0.1, 0.15) is 31.2 Å². The molecule has 5 heteroatoms. The first-order valence-electron chi connectivity index (χ1n) is 8.89. The molecule has 3 atom stereocenters. The molecule has 2 aromatic rings. The highest BCUT2D eigenvalue weighted by atomic mass is 32.2. The summed E-state index contributed by atoms with van der Waals surface area (Å²) in [6, 6.07) is 15.3. The van der Waals surface area contributed by atoms with Gasteiger partial charge in [-0.25, -0.2) is 8.42 Å². The largest absolute Gasteiger partial charge is 0.371 e. The van der Waals surface area contributed by atoms with E-state index >= 15 is 0 Å². The predicted molar refractivity (Wildman–Crippen MR) is 100.0 cm³/mol. The number of nitrogens with zero attached hydrogens (tertiary/aromatic N) is 1. The fourth-order valence-corrected chi connectivity index (χ4v) is 5.63. The molecule has 0 radical (unpaired) electrons. The molecule has 1 unspecified atom stereocenters. The van der Waals surface area contributed by atoms with E-state index in [0.717, 1.165) is 19.4 Å². The molecule has 2 aromatic carbocycles. The Kier molecular flexibility index (Phi) is 4.08. The molecule has 4 nitrogen and oxygen atoms in total. The van der Waals surface area contributed by atoms with Gasteiger partial charge < -0.3 is 10.2 Å². The SMILES string of the molecule is CC1C[C@H]2[C@H](CCN1)c1cc(S(=O)(=O)c3ccccc3)ccc1N2C. The van der Waals surface area contributed by atoms with E-state index in [-0.39, 0.29) is 0 Å². The second-order valence-corrected chi connectivity index (χ2v) is 9.15. The maximum atomic E-state index is 13.0. The van der Waals surface area contributed by atoms with Gasteiger partial charge in [-0.2, -0.15) is 0 Å². The third-order valence-corrected chi connectivity index (χ3v) is 7.41. The Bertz CT molecular complexity index is 880. The molecular formula is C20H24N2O2S. The smallest absolute Gasteiger partial charge is 0.206 e. The van der Waals surface area contributed by atoms with Crippen LogP contribution in [0.15, 0.2) is 58.3 Å². The van der Waals surface area contributed by atoms with E-state index < -0.39 is 9.84 Å². The van der Waals surface area contributed by atoms with Crippen molar-refractivity contribution in [3.05, 3.63) is 54.1 Å². The molecule has 132 valence electrons. The molecule has 1 N–H and O–H groups in total. The van der Waals surface area contributed by atoms with Gasteiger partial charge in [-0.05, 0) is 62.2 Å². The van der Waals surface area contributed by atoms with Crippen LogP contribution >= 0.6 is 0 Å². The van der Waals surface area contributed by atoms with Gasteiger partial charge in [0.2, 0.25) is 9.84 Å². The first-order valence-corrected chi connectivity index (χ1v) is 10.4. The summed E-state index contributed by atoms with van der Waals surface area (Å²) in [7, 11) is -1.34. The van der Waals surface area contributed by atoms with E-state index in [2.05, 4.69) is 24.2 Å². The third-order valence-electron chi connectivity index (χ3n) is 5.65. The van der Waals surface area contributed by atoms with Gasteiger partial charge in [-0.1, -0.05) is 18.2 Å². The topological polar surface area (TPSA) is 49.4 Å². The summed E-state index contributed by atoms with van der Waals surface area (Å²) in [5.74, 6) is 0.392. The number of hydrogen-bond acceptors (Lipinski definition) is 4. The van der Waals surface area contributed by atoms with Crippen molar-refractivity contribution in [2.45, 2.75) is 47.6 Å². The summed E-state index contributed by atoms with van der Waals surface area (Å²) < 4.78 is 25.9. The summed E-state index contributed by atoms with van der Waals surface area (Å²) >= 11 is 0. The van der Waals surface area contributed by atoms with Crippen LogP contribution in [-0.2, 0) is 9.84 Å². The van der Waals surface area contributed by atoms with Gasteiger partial charge >= 0.3 is 0 Å². The van der Waals surface area contributed by atoms with Crippen molar-refractivity contribution < 1.29 is 8.42 Å². The van der Waals surface area contributed by atoms with Crippen molar-refractivity contribution >= 4 is 15.5 Å². The Labute approximate surface area is 149 Å². The van der Waals surface area contributed by atoms with E-state index in [1.54, 1.807) is 30.3 Å². The molecule has 2 aliphatic heterocycles. The van der Waals surface area contributed by atoms with Gasteiger partial charge in [0, 0.05) is 30.7 Å². The average molecular weight is 356 g/mol. The molecule has 0 bridgehead atoms. The van der Waals surface area contributed by atoms with Crippen molar-refractivity contribution in [2.75, 3.05) is 18.5 Å². The number of anilines is 1. The molecule has 0 amide bonds. The molecule has 1 saturated heterocycles. The minimum Gasteiger partial charge on any atom is -0.371 e. The predicted octanol–water partition coefficient (Wildman–Crippen LogP) is 3.19. The normalized spacial score (nSPS) is 26.0. The van der Waals surface area contributed by atoms with E-state index in [0.29, 0.717) is 27.8 Å². The molecule has 0 aromatic heterocycles. The number of fused-ring (bicyclic) bond motifs is 3. The second-order valence-electron chi connectivity index (χ2n) is 7.20. The number of hydrogen-bond donors (Lipinski definition) is 1. The Morgan fingerprint density at radius 2 is 1.84 bits per heavy atom.